The van der Waals surface area contributed by atoms with Gasteiger partial charge in [0.25, 0.3) is 0 Å². The van der Waals surface area contributed by atoms with E-state index in [1.54, 1.807) is 0 Å². The molecule has 5 rings (SSSR count). The highest BCUT2D eigenvalue weighted by atomic mass is 16.3. The fourth-order valence-electron chi connectivity index (χ4n) is 5.74. The van der Waals surface area contributed by atoms with Crippen molar-refractivity contribution in [1.82, 2.24) is 5.32 Å². The number of aliphatic hydroxyl groups excluding tert-OH is 1. The minimum absolute atomic E-state index is 0.0736. The summed E-state index contributed by atoms with van der Waals surface area (Å²) in [6.07, 6.45) is 5.42. The van der Waals surface area contributed by atoms with Gasteiger partial charge in [0.15, 0.2) is 11.9 Å². The number of anilines is 1. The Labute approximate surface area is 184 Å². The smallest absolute Gasteiger partial charge is 0.164 e. The van der Waals surface area contributed by atoms with Gasteiger partial charge in [-0.2, -0.15) is 10.2 Å². The molecule has 0 aromatic heterocycles. The number of nitrogens with zero attached hydrogens (tertiary/aromatic N) is 3. The van der Waals surface area contributed by atoms with Gasteiger partial charge in [-0.25, -0.2) is 0 Å². The number of hydrogen-bond acceptors (Lipinski definition) is 6. The molecule has 1 aromatic rings. The number of azo groups is 1. The van der Waals surface area contributed by atoms with E-state index in [1.165, 1.54) is 0 Å². The Morgan fingerprint density at radius 1 is 1.29 bits per heavy atom. The Balaban J connectivity index is 1.66. The molecule has 6 nitrogen and oxygen atoms in total. The van der Waals surface area contributed by atoms with Crippen LogP contribution in [0.25, 0.3) is 0 Å². The molecule has 1 aromatic carbocycles. The molecule has 0 saturated heterocycles. The van der Waals surface area contributed by atoms with Crippen LogP contribution in [0.1, 0.15) is 58.4 Å². The van der Waals surface area contributed by atoms with Crippen LogP contribution in [0.15, 0.2) is 57.5 Å². The molecule has 2 heterocycles. The fraction of sp³-hybridized carbons (Fsp3) is 0.560. The maximum atomic E-state index is 13.6. The Morgan fingerprint density at radius 2 is 2.06 bits per heavy atom. The number of hydrogen-bond donors (Lipinski definition) is 2. The summed E-state index contributed by atoms with van der Waals surface area (Å²) in [4.78, 5) is 15.5. The zero-order chi connectivity index (χ0) is 22.0. The van der Waals surface area contributed by atoms with E-state index in [0.717, 1.165) is 53.8 Å². The average Bonchev–Trinajstić information content (AvgIpc) is 3.48. The first kappa shape index (κ1) is 20.4. The summed E-state index contributed by atoms with van der Waals surface area (Å²) in [6.45, 7) is 6.45. The van der Waals surface area contributed by atoms with Crippen molar-refractivity contribution in [3.05, 3.63) is 52.9 Å². The summed E-state index contributed by atoms with van der Waals surface area (Å²) >= 11 is 0. The standard InChI is InChI=1S/C25H32N4O2/c1-5-25(16-7-6-8-17(11-16)29(4)23(31)15-9-10-15)18-14-26-28-22(18)27-19-12-24(2,3)13-20(30)21(19)25/h6-8,11,14-15,22-23,27,31H,5,9-10,12-13H2,1-4H3. The molecule has 0 amide bonds. The number of fused-ring (bicyclic) bond motifs is 1. The topological polar surface area (TPSA) is 77.3 Å². The van der Waals surface area contributed by atoms with E-state index in [0.29, 0.717) is 12.3 Å². The van der Waals surface area contributed by atoms with Crippen molar-refractivity contribution in [1.29, 1.82) is 0 Å². The molecule has 0 spiro atoms. The number of Topliss-reactive ketones (excluding diaryl/α,β-unsaturated/α-hetero) is 1. The Kier molecular flexibility index (Phi) is 4.63. The molecule has 3 atom stereocenters. The van der Waals surface area contributed by atoms with Crippen LogP contribution in [0.3, 0.4) is 0 Å². The van der Waals surface area contributed by atoms with Gasteiger partial charge in [-0.1, -0.05) is 32.9 Å². The summed E-state index contributed by atoms with van der Waals surface area (Å²) in [5.41, 5.74) is 4.37. The fourth-order valence-corrected chi connectivity index (χ4v) is 5.74. The Morgan fingerprint density at radius 3 is 2.77 bits per heavy atom. The summed E-state index contributed by atoms with van der Waals surface area (Å²) < 4.78 is 0. The molecule has 164 valence electrons. The molecule has 2 aliphatic carbocycles. The molecular weight excluding hydrogens is 388 g/mol. The van der Waals surface area contributed by atoms with E-state index in [9.17, 15) is 9.90 Å². The van der Waals surface area contributed by atoms with Gasteiger partial charge in [-0.15, -0.1) is 0 Å². The minimum Gasteiger partial charge on any atom is -0.373 e. The van der Waals surface area contributed by atoms with Crippen LogP contribution >= 0.6 is 0 Å². The number of nitrogens with one attached hydrogen (secondary N) is 1. The van der Waals surface area contributed by atoms with E-state index in [4.69, 9.17) is 0 Å². The van der Waals surface area contributed by atoms with Crippen molar-refractivity contribution >= 4 is 11.5 Å². The molecule has 0 radical (unpaired) electrons. The number of allylic oxidation sites excluding steroid dienone is 2. The number of carbonyl (C=O) groups excluding carboxylic acids is 1. The van der Waals surface area contributed by atoms with Crippen molar-refractivity contribution in [2.45, 2.75) is 70.7 Å². The number of aliphatic hydroxyl groups is 1. The monoisotopic (exact) mass is 420 g/mol. The molecule has 1 saturated carbocycles. The Bertz CT molecular complexity index is 1020. The zero-order valence-corrected chi connectivity index (χ0v) is 18.9. The normalized spacial score (nSPS) is 29.8. The van der Waals surface area contributed by atoms with E-state index in [-0.39, 0.29) is 17.4 Å². The van der Waals surface area contributed by atoms with Crippen LogP contribution in [0.2, 0.25) is 0 Å². The largest absolute Gasteiger partial charge is 0.373 e. The van der Waals surface area contributed by atoms with E-state index >= 15 is 0 Å². The lowest BCUT2D eigenvalue weighted by Crippen LogP contribution is -2.51. The van der Waals surface area contributed by atoms with Crippen molar-refractivity contribution in [2.75, 3.05) is 11.9 Å². The van der Waals surface area contributed by atoms with Crippen LogP contribution in [-0.2, 0) is 10.2 Å². The second kappa shape index (κ2) is 7.02. The van der Waals surface area contributed by atoms with Crippen LogP contribution < -0.4 is 10.2 Å². The van der Waals surface area contributed by atoms with Gasteiger partial charge in [-0.05, 0) is 48.8 Å². The SMILES string of the molecule is CCC1(c2cccc(N(C)C(O)C3CC3)c2)C2=CN=NC2NC2=C1C(=O)CC(C)(C)C2. The molecule has 0 bridgehead atoms. The third-order valence-corrected chi connectivity index (χ3v) is 7.50. The van der Waals surface area contributed by atoms with Crippen LogP contribution in [0.4, 0.5) is 5.69 Å². The highest BCUT2D eigenvalue weighted by Gasteiger charge is 2.53. The number of ketones is 1. The van der Waals surface area contributed by atoms with Gasteiger partial charge in [0.1, 0.15) is 6.23 Å². The first-order chi connectivity index (χ1) is 14.8. The maximum Gasteiger partial charge on any atom is 0.164 e. The van der Waals surface area contributed by atoms with Gasteiger partial charge in [0, 0.05) is 41.9 Å². The summed E-state index contributed by atoms with van der Waals surface area (Å²) in [5.74, 6) is 0.562. The molecule has 2 aliphatic heterocycles. The highest BCUT2D eigenvalue weighted by molar-refractivity contribution is 6.01. The molecular formula is C25H32N4O2. The van der Waals surface area contributed by atoms with Crippen molar-refractivity contribution < 1.29 is 9.90 Å². The van der Waals surface area contributed by atoms with Crippen LogP contribution in [0, 0.1) is 11.3 Å². The van der Waals surface area contributed by atoms with Crippen LogP contribution in [0.5, 0.6) is 0 Å². The second-order valence-electron chi connectivity index (χ2n) is 10.3. The van der Waals surface area contributed by atoms with Crippen LogP contribution in [-0.4, -0.2) is 30.3 Å². The van der Waals surface area contributed by atoms with Crippen molar-refractivity contribution in [3.63, 3.8) is 0 Å². The highest BCUT2D eigenvalue weighted by Crippen LogP contribution is 2.54. The molecule has 31 heavy (non-hydrogen) atoms. The average molecular weight is 421 g/mol. The van der Waals surface area contributed by atoms with Crippen molar-refractivity contribution in [2.24, 2.45) is 21.6 Å². The van der Waals surface area contributed by atoms with Gasteiger partial charge < -0.3 is 15.3 Å². The van der Waals surface area contributed by atoms with Gasteiger partial charge in [0.2, 0.25) is 0 Å². The van der Waals surface area contributed by atoms with Gasteiger partial charge in [-0.3, -0.25) is 4.79 Å². The number of rotatable bonds is 5. The lowest BCUT2D eigenvalue weighted by molar-refractivity contribution is -0.119. The molecule has 3 unspecified atom stereocenters. The predicted molar refractivity (Wildman–Crippen MR) is 120 cm³/mol. The summed E-state index contributed by atoms with van der Waals surface area (Å²) in [5, 5.41) is 22.9. The van der Waals surface area contributed by atoms with E-state index in [2.05, 4.69) is 48.4 Å². The molecule has 2 N–H and O–H groups in total. The van der Waals surface area contributed by atoms with E-state index in [1.807, 2.05) is 30.3 Å². The quantitative estimate of drug-likeness (QED) is 0.691. The summed E-state index contributed by atoms with van der Waals surface area (Å²) in [7, 11) is 1.95. The van der Waals surface area contributed by atoms with Crippen molar-refractivity contribution in [3.8, 4) is 0 Å². The third-order valence-electron chi connectivity index (χ3n) is 7.50. The molecule has 6 heteroatoms. The number of benzene rings is 1. The Hall–Kier alpha value is -2.47. The lowest BCUT2D eigenvalue weighted by atomic mass is 9.59. The first-order valence-electron chi connectivity index (χ1n) is 11.4. The zero-order valence-electron chi connectivity index (χ0n) is 18.9. The lowest BCUT2D eigenvalue weighted by Gasteiger charge is -2.48. The van der Waals surface area contributed by atoms with E-state index < -0.39 is 11.6 Å². The number of carbonyl (C=O) groups is 1. The minimum atomic E-state index is -0.552. The van der Waals surface area contributed by atoms with Gasteiger partial charge in [0.05, 0.1) is 11.6 Å². The molecule has 1 fully saturated rings. The predicted octanol–water partition coefficient (Wildman–Crippen LogP) is 4.42. The van der Waals surface area contributed by atoms with Gasteiger partial charge >= 0.3 is 0 Å². The third kappa shape index (κ3) is 3.15. The first-order valence-corrected chi connectivity index (χ1v) is 11.4. The molecule has 4 aliphatic rings. The maximum absolute atomic E-state index is 13.6. The second-order valence-corrected chi connectivity index (χ2v) is 10.3. The summed E-state index contributed by atoms with van der Waals surface area (Å²) in [6, 6.07) is 8.34.